The summed E-state index contributed by atoms with van der Waals surface area (Å²) in [7, 11) is 2.98. The molecule has 0 aromatic heterocycles. The number of alkyl halides is 1. The van der Waals surface area contributed by atoms with Gasteiger partial charge >= 0.3 is 0 Å². The highest BCUT2D eigenvalue weighted by Gasteiger charge is 2.64. The van der Waals surface area contributed by atoms with Crippen molar-refractivity contribution in [3.63, 3.8) is 0 Å². The third-order valence-corrected chi connectivity index (χ3v) is 8.51. The van der Waals surface area contributed by atoms with Gasteiger partial charge in [0, 0.05) is 28.7 Å². The average molecular weight is 583 g/mol. The number of nitrogens with zero attached hydrogens (tertiary/aromatic N) is 1. The summed E-state index contributed by atoms with van der Waals surface area (Å²) in [5, 5.41) is 50.2. The fourth-order valence-electron chi connectivity index (χ4n) is 6.63. The van der Waals surface area contributed by atoms with Crippen LogP contribution in [0, 0.1) is 17.8 Å². The quantitative estimate of drug-likeness (QED) is 0.236. The first-order valence-electron chi connectivity index (χ1n) is 13.3. The van der Waals surface area contributed by atoms with E-state index in [2.05, 4.69) is 10.6 Å². The summed E-state index contributed by atoms with van der Waals surface area (Å²) in [4.78, 5) is 53.0. The van der Waals surface area contributed by atoms with Crippen LogP contribution in [0.1, 0.15) is 12.8 Å². The molecular weight excluding hydrogens is 551 g/mol. The van der Waals surface area contributed by atoms with Crippen molar-refractivity contribution in [1.82, 2.24) is 10.2 Å². The predicted molar refractivity (Wildman–Crippen MR) is 146 cm³/mol. The van der Waals surface area contributed by atoms with Gasteiger partial charge in [0.2, 0.25) is 11.7 Å². The molecular formula is C29H31FN4O8. The minimum absolute atomic E-state index is 0.0902. The van der Waals surface area contributed by atoms with Crippen molar-refractivity contribution >= 4 is 29.1 Å². The Hall–Kier alpha value is -4.49. The van der Waals surface area contributed by atoms with Crippen LogP contribution in [0.3, 0.4) is 0 Å². The van der Waals surface area contributed by atoms with E-state index in [0.29, 0.717) is 5.69 Å². The van der Waals surface area contributed by atoms with Gasteiger partial charge in [0.1, 0.15) is 29.0 Å². The molecule has 2 unspecified atom stereocenters. The third kappa shape index (κ3) is 4.36. The molecule has 4 aliphatic rings. The Morgan fingerprint density at radius 1 is 1.07 bits per heavy atom. The van der Waals surface area contributed by atoms with Crippen LogP contribution < -0.4 is 16.4 Å². The molecule has 6 atom stereocenters. The highest BCUT2D eigenvalue weighted by molar-refractivity contribution is 6.24. The number of Topliss-reactive ketones (excluding diaryl/α,β-unsaturated/α-hetero) is 2. The molecule has 12 nitrogen and oxygen atoms in total. The molecule has 1 saturated carbocycles. The Bertz CT molecular complexity index is 1510. The zero-order chi connectivity index (χ0) is 30.7. The zero-order valence-electron chi connectivity index (χ0n) is 22.8. The highest BCUT2D eigenvalue weighted by Crippen LogP contribution is 2.54. The average Bonchev–Trinajstić information content (AvgIpc) is 2.92. The molecule has 0 saturated heterocycles. The second-order valence-corrected chi connectivity index (χ2v) is 11.2. The summed E-state index contributed by atoms with van der Waals surface area (Å²) in [6.07, 6.45) is -0.987. The summed E-state index contributed by atoms with van der Waals surface area (Å²) in [5.41, 5.74) is 1.21. The van der Waals surface area contributed by atoms with Crippen LogP contribution in [-0.2, 0) is 19.2 Å². The van der Waals surface area contributed by atoms with E-state index >= 15 is 4.39 Å². The summed E-state index contributed by atoms with van der Waals surface area (Å²) >= 11 is 0. The van der Waals surface area contributed by atoms with Gasteiger partial charge in [-0.15, -0.1) is 0 Å². The molecule has 0 spiro atoms. The normalized spacial score (nSPS) is 30.9. The number of nitrogens with one attached hydrogen (secondary N) is 2. The van der Waals surface area contributed by atoms with Gasteiger partial charge in [-0.3, -0.25) is 24.1 Å². The monoisotopic (exact) mass is 582 g/mol. The summed E-state index contributed by atoms with van der Waals surface area (Å²) in [6, 6.07) is 7.57. The van der Waals surface area contributed by atoms with E-state index in [9.17, 15) is 39.6 Å². The summed E-state index contributed by atoms with van der Waals surface area (Å²) in [6.45, 7) is -0.216. The van der Waals surface area contributed by atoms with E-state index in [0.717, 1.165) is 6.08 Å². The maximum absolute atomic E-state index is 15.5. The number of allylic oxidation sites excluding steroid dienone is 2. The number of aliphatic hydroxyl groups excluding tert-OH is 3. The van der Waals surface area contributed by atoms with E-state index in [1.54, 1.807) is 30.3 Å². The van der Waals surface area contributed by atoms with Gasteiger partial charge in [-0.1, -0.05) is 18.2 Å². The number of hydrogen-bond acceptors (Lipinski definition) is 10. The number of nitrogens with two attached hydrogens (primary N) is 1. The van der Waals surface area contributed by atoms with Gasteiger partial charge in [-0.05, 0) is 51.1 Å². The Morgan fingerprint density at radius 2 is 1.74 bits per heavy atom. The third-order valence-electron chi connectivity index (χ3n) is 8.51. The number of anilines is 1. The minimum Gasteiger partial charge on any atom is -0.508 e. The molecule has 13 heteroatoms. The Kier molecular flexibility index (Phi) is 7.19. The number of rotatable bonds is 6. The lowest BCUT2D eigenvalue weighted by molar-refractivity contribution is -0.154. The molecule has 0 bridgehead atoms. The standard InChI is InChI=1S/C29H31FN4O8/c1-34(2)22-15-9-12-8-14-16(30)10-17(33-18(35)11-32-13-6-4-3-5-7-13)23(36)20(14)24(37)19(12)26(39)29(15,42)27(40)21(25(22)38)28(31)41/h3-7,10,12,14-16,22,32,36-37,40,42H,8-9,11H2,1-2H3,(H2,31,41)(H,33,35)/t12-,14?,15-,16?,22-,29-/m0/s1. The van der Waals surface area contributed by atoms with Crippen LogP contribution in [0.5, 0.6) is 0 Å². The number of likely N-dealkylation sites (N-methyl/N-ethyl adjacent to an activating group) is 1. The SMILES string of the molecule is CN(C)[C@@H]1C(=O)C(C(N)=O)=C(O)[C@@]2(O)C(=O)C3=C(O)C4=C(O)C(NC(=O)CNc5ccccc5)=CC(F)C4C[C@H]3C[C@@H]12. The lowest BCUT2D eigenvalue weighted by Gasteiger charge is -2.51. The Labute approximate surface area is 239 Å². The second kappa shape index (κ2) is 10.4. The zero-order valence-corrected chi connectivity index (χ0v) is 22.8. The summed E-state index contributed by atoms with van der Waals surface area (Å²) < 4.78 is 15.5. The van der Waals surface area contributed by atoms with Crippen molar-refractivity contribution in [2.75, 3.05) is 26.0 Å². The first kappa shape index (κ1) is 29.0. The molecule has 42 heavy (non-hydrogen) atoms. The van der Waals surface area contributed by atoms with Gasteiger partial charge in [-0.25, -0.2) is 4.39 Å². The highest BCUT2D eigenvalue weighted by atomic mass is 19.1. The number of carbonyl (C=O) groups excluding carboxylic acids is 4. The maximum atomic E-state index is 15.5. The van der Waals surface area contributed by atoms with E-state index in [4.69, 9.17) is 5.73 Å². The van der Waals surface area contributed by atoms with Gasteiger partial charge in [0.05, 0.1) is 18.3 Å². The molecule has 5 rings (SSSR count). The number of primary amides is 1. The molecule has 1 fully saturated rings. The van der Waals surface area contributed by atoms with Crippen LogP contribution in [0.25, 0.3) is 0 Å². The molecule has 0 aliphatic heterocycles. The van der Waals surface area contributed by atoms with Gasteiger partial charge in [-0.2, -0.15) is 0 Å². The van der Waals surface area contributed by atoms with Crippen molar-refractivity contribution in [2.24, 2.45) is 23.5 Å². The Morgan fingerprint density at radius 3 is 2.36 bits per heavy atom. The number of ketones is 2. The van der Waals surface area contributed by atoms with Crippen molar-refractivity contribution in [3.05, 3.63) is 76.1 Å². The van der Waals surface area contributed by atoms with Crippen LogP contribution in [0.15, 0.2) is 76.1 Å². The Balaban J connectivity index is 1.52. The number of carbonyl (C=O) groups is 4. The van der Waals surface area contributed by atoms with Gasteiger partial charge in [0.25, 0.3) is 5.91 Å². The molecule has 4 aliphatic carbocycles. The van der Waals surface area contributed by atoms with Crippen LogP contribution in [-0.4, -0.2) is 87.2 Å². The molecule has 2 amide bonds. The number of amides is 2. The van der Waals surface area contributed by atoms with Gasteiger partial charge < -0.3 is 36.8 Å². The van der Waals surface area contributed by atoms with Crippen molar-refractivity contribution in [1.29, 1.82) is 0 Å². The van der Waals surface area contributed by atoms with Crippen LogP contribution >= 0.6 is 0 Å². The summed E-state index contributed by atoms with van der Waals surface area (Å²) in [5.74, 6) is -9.92. The lowest BCUT2D eigenvalue weighted by atomic mass is 9.56. The van der Waals surface area contributed by atoms with Crippen molar-refractivity contribution in [2.45, 2.75) is 30.7 Å². The molecule has 1 aromatic carbocycles. The number of para-hydroxylation sites is 1. The molecule has 0 heterocycles. The topological polar surface area (TPSA) is 203 Å². The van der Waals surface area contributed by atoms with Gasteiger partial charge in [0.15, 0.2) is 11.4 Å². The van der Waals surface area contributed by atoms with Crippen LogP contribution in [0.2, 0.25) is 0 Å². The first-order chi connectivity index (χ1) is 19.8. The fourth-order valence-corrected chi connectivity index (χ4v) is 6.63. The van der Waals surface area contributed by atoms with Crippen molar-refractivity contribution in [3.8, 4) is 0 Å². The number of halogens is 1. The predicted octanol–water partition coefficient (Wildman–Crippen LogP) is 0.841. The lowest BCUT2D eigenvalue weighted by Crippen LogP contribution is -2.66. The number of aliphatic hydroxyl groups is 4. The largest absolute Gasteiger partial charge is 0.508 e. The van der Waals surface area contributed by atoms with E-state index in [-0.39, 0.29) is 36.2 Å². The van der Waals surface area contributed by atoms with Crippen LogP contribution in [0.4, 0.5) is 10.1 Å². The molecule has 0 radical (unpaired) electrons. The second-order valence-electron chi connectivity index (χ2n) is 11.2. The number of hydrogen-bond donors (Lipinski definition) is 7. The minimum atomic E-state index is -2.80. The maximum Gasteiger partial charge on any atom is 0.255 e. The molecule has 222 valence electrons. The smallest absolute Gasteiger partial charge is 0.255 e. The number of fused-ring (bicyclic) bond motifs is 3. The first-order valence-corrected chi connectivity index (χ1v) is 13.3. The van der Waals surface area contributed by atoms with E-state index in [1.807, 2.05) is 0 Å². The van der Waals surface area contributed by atoms with E-state index < -0.39 is 81.8 Å². The molecule has 8 N–H and O–H groups in total. The van der Waals surface area contributed by atoms with E-state index in [1.165, 1.54) is 19.0 Å². The number of benzene rings is 1. The van der Waals surface area contributed by atoms with Crippen molar-refractivity contribution < 1.29 is 44.0 Å². The fraction of sp³-hybridized carbons (Fsp3) is 0.379. The molecule has 1 aromatic rings.